The van der Waals surface area contributed by atoms with Crippen molar-refractivity contribution in [1.29, 1.82) is 0 Å². The van der Waals surface area contributed by atoms with Gasteiger partial charge in [0.1, 0.15) is 5.82 Å². The maximum atomic E-state index is 13.0. The SMILES string of the molecule is CC(C)CC(C)CC(=O)N1CCCN(c2ccc(F)cc2)CC1. The predicted molar refractivity (Wildman–Crippen MR) is 93.0 cm³/mol. The van der Waals surface area contributed by atoms with Crippen LogP contribution < -0.4 is 4.90 Å². The zero-order valence-corrected chi connectivity index (χ0v) is 14.6. The molecule has 128 valence electrons. The van der Waals surface area contributed by atoms with E-state index in [4.69, 9.17) is 0 Å². The maximum Gasteiger partial charge on any atom is 0.222 e. The molecule has 1 amide bonds. The lowest BCUT2D eigenvalue weighted by molar-refractivity contribution is -0.131. The number of hydrogen-bond acceptors (Lipinski definition) is 2. The minimum atomic E-state index is -0.209. The number of carbonyl (C=O) groups excluding carboxylic acids is 1. The number of benzene rings is 1. The quantitative estimate of drug-likeness (QED) is 0.820. The summed E-state index contributed by atoms with van der Waals surface area (Å²) in [6.45, 7) is 9.88. The van der Waals surface area contributed by atoms with Crippen LogP contribution in [0.1, 0.15) is 40.0 Å². The number of anilines is 1. The number of carbonyl (C=O) groups is 1. The number of nitrogens with zero attached hydrogens (tertiary/aromatic N) is 2. The van der Waals surface area contributed by atoms with Gasteiger partial charge in [-0.2, -0.15) is 0 Å². The van der Waals surface area contributed by atoms with Crippen molar-refractivity contribution in [2.24, 2.45) is 11.8 Å². The highest BCUT2D eigenvalue weighted by molar-refractivity contribution is 5.76. The third-order valence-electron chi connectivity index (χ3n) is 4.44. The fourth-order valence-corrected chi connectivity index (χ4v) is 3.39. The summed E-state index contributed by atoms with van der Waals surface area (Å²) in [5, 5.41) is 0. The Morgan fingerprint density at radius 3 is 2.43 bits per heavy atom. The highest BCUT2D eigenvalue weighted by Crippen LogP contribution is 2.19. The van der Waals surface area contributed by atoms with E-state index >= 15 is 0 Å². The second-order valence-corrected chi connectivity index (χ2v) is 7.14. The number of halogens is 1. The van der Waals surface area contributed by atoms with Crippen molar-refractivity contribution in [1.82, 2.24) is 4.90 Å². The largest absolute Gasteiger partial charge is 0.370 e. The topological polar surface area (TPSA) is 23.6 Å². The van der Waals surface area contributed by atoms with Gasteiger partial charge in [-0.05, 0) is 48.9 Å². The molecule has 0 bridgehead atoms. The summed E-state index contributed by atoms with van der Waals surface area (Å²) in [4.78, 5) is 16.7. The van der Waals surface area contributed by atoms with Gasteiger partial charge in [0, 0.05) is 38.3 Å². The van der Waals surface area contributed by atoms with Crippen LogP contribution in [0.4, 0.5) is 10.1 Å². The Morgan fingerprint density at radius 2 is 1.78 bits per heavy atom. The number of hydrogen-bond donors (Lipinski definition) is 0. The van der Waals surface area contributed by atoms with Crippen LogP contribution >= 0.6 is 0 Å². The van der Waals surface area contributed by atoms with Gasteiger partial charge in [0.05, 0.1) is 0 Å². The molecule has 0 N–H and O–H groups in total. The molecule has 0 aromatic heterocycles. The lowest BCUT2D eigenvalue weighted by Gasteiger charge is -2.24. The van der Waals surface area contributed by atoms with Gasteiger partial charge in [-0.1, -0.05) is 20.8 Å². The average molecular weight is 320 g/mol. The van der Waals surface area contributed by atoms with E-state index in [2.05, 4.69) is 25.7 Å². The van der Waals surface area contributed by atoms with E-state index in [-0.39, 0.29) is 11.7 Å². The normalized spacial score (nSPS) is 17.3. The van der Waals surface area contributed by atoms with Gasteiger partial charge in [-0.15, -0.1) is 0 Å². The van der Waals surface area contributed by atoms with Crippen molar-refractivity contribution in [3.63, 3.8) is 0 Å². The molecular weight excluding hydrogens is 291 g/mol. The Kier molecular flexibility index (Phi) is 6.43. The van der Waals surface area contributed by atoms with E-state index in [1.54, 1.807) is 0 Å². The molecule has 23 heavy (non-hydrogen) atoms. The van der Waals surface area contributed by atoms with Gasteiger partial charge in [0.25, 0.3) is 0 Å². The second-order valence-electron chi connectivity index (χ2n) is 7.14. The van der Waals surface area contributed by atoms with Gasteiger partial charge >= 0.3 is 0 Å². The smallest absolute Gasteiger partial charge is 0.222 e. The van der Waals surface area contributed by atoms with E-state index in [0.717, 1.165) is 44.7 Å². The highest BCUT2D eigenvalue weighted by atomic mass is 19.1. The molecular formula is C19H29FN2O. The average Bonchev–Trinajstić information content (AvgIpc) is 2.73. The Balaban J connectivity index is 1.88. The zero-order valence-electron chi connectivity index (χ0n) is 14.6. The monoisotopic (exact) mass is 320 g/mol. The fourth-order valence-electron chi connectivity index (χ4n) is 3.39. The van der Waals surface area contributed by atoms with Crippen LogP contribution in [-0.4, -0.2) is 37.0 Å². The molecule has 1 fully saturated rings. The molecule has 1 atom stereocenters. The summed E-state index contributed by atoms with van der Waals surface area (Å²) in [5.74, 6) is 1.15. The third-order valence-corrected chi connectivity index (χ3v) is 4.44. The molecule has 0 spiro atoms. The molecule has 3 nitrogen and oxygen atoms in total. The van der Waals surface area contributed by atoms with Crippen molar-refractivity contribution >= 4 is 11.6 Å². The van der Waals surface area contributed by atoms with Crippen molar-refractivity contribution in [3.8, 4) is 0 Å². The van der Waals surface area contributed by atoms with Gasteiger partial charge < -0.3 is 9.80 Å². The lowest BCUT2D eigenvalue weighted by Crippen LogP contribution is -2.36. The molecule has 1 aliphatic rings. The first-order valence-electron chi connectivity index (χ1n) is 8.74. The first kappa shape index (κ1) is 17.8. The molecule has 1 heterocycles. The minimum absolute atomic E-state index is 0.209. The summed E-state index contributed by atoms with van der Waals surface area (Å²) in [6, 6.07) is 6.63. The van der Waals surface area contributed by atoms with Gasteiger partial charge in [-0.25, -0.2) is 4.39 Å². The van der Waals surface area contributed by atoms with Crippen molar-refractivity contribution in [2.75, 3.05) is 31.1 Å². The first-order chi connectivity index (χ1) is 11.0. The maximum absolute atomic E-state index is 13.0. The Labute approximate surface area is 139 Å². The molecule has 0 saturated carbocycles. The highest BCUT2D eigenvalue weighted by Gasteiger charge is 2.21. The molecule has 1 aliphatic heterocycles. The lowest BCUT2D eigenvalue weighted by atomic mass is 9.95. The van der Waals surface area contributed by atoms with Crippen LogP contribution in [0.3, 0.4) is 0 Å². The molecule has 1 aromatic rings. The molecule has 0 aliphatic carbocycles. The molecule has 2 rings (SSSR count). The van der Waals surface area contributed by atoms with Crippen LogP contribution in [0.15, 0.2) is 24.3 Å². The van der Waals surface area contributed by atoms with Crippen LogP contribution in [0.25, 0.3) is 0 Å². The van der Waals surface area contributed by atoms with Crippen LogP contribution in [-0.2, 0) is 4.79 Å². The third kappa shape index (κ3) is 5.52. The summed E-state index contributed by atoms with van der Waals surface area (Å²) < 4.78 is 13.0. The summed E-state index contributed by atoms with van der Waals surface area (Å²) in [7, 11) is 0. The first-order valence-corrected chi connectivity index (χ1v) is 8.74. The molecule has 1 unspecified atom stereocenters. The summed E-state index contributed by atoms with van der Waals surface area (Å²) >= 11 is 0. The predicted octanol–water partition coefficient (Wildman–Crippen LogP) is 3.94. The van der Waals surface area contributed by atoms with E-state index in [1.165, 1.54) is 12.1 Å². The van der Waals surface area contributed by atoms with Gasteiger partial charge in [0.2, 0.25) is 5.91 Å². The van der Waals surface area contributed by atoms with Gasteiger partial charge in [0.15, 0.2) is 0 Å². The Bertz CT molecular complexity index is 501. The number of rotatable bonds is 5. The Morgan fingerprint density at radius 1 is 1.09 bits per heavy atom. The molecule has 1 aromatic carbocycles. The zero-order chi connectivity index (χ0) is 16.8. The fraction of sp³-hybridized carbons (Fsp3) is 0.632. The molecule has 4 heteroatoms. The van der Waals surface area contributed by atoms with Crippen LogP contribution in [0.2, 0.25) is 0 Å². The summed E-state index contributed by atoms with van der Waals surface area (Å²) in [6.07, 6.45) is 2.71. The second kappa shape index (κ2) is 8.32. The van der Waals surface area contributed by atoms with Crippen molar-refractivity contribution < 1.29 is 9.18 Å². The van der Waals surface area contributed by atoms with Crippen LogP contribution in [0, 0.1) is 17.7 Å². The molecule has 0 radical (unpaired) electrons. The standard InChI is InChI=1S/C19H29FN2O/c1-15(2)13-16(3)14-19(23)22-10-4-9-21(11-12-22)18-7-5-17(20)6-8-18/h5-8,15-16H,4,9-14H2,1-3H3. The van der Waals surface area contributed by atoms with E-state index in [0.29, 0.717) is 18.3 Å². The van der Waals surface area contributed by atoms with Gasteiger partial charge in [-0.3, -0.25) is 4.79 Å². The summed E-state index contributed by atoms with van der Waals surface area (Å²) in [5.41, 5.74) is 1.04. The van der Waals surface area contributed by atoms with E-state index in [9.17, 15) is 9.18 Å². The van der Waals surface area contributed by atoms with Crippen molar-refractivity contribution in [3.05, 3.63) is 30.1 Å². The van der Waals surface area contributed by atoms with Crippen LogP contribution in [0.5, 0.6) is 0 Å². The minimum Gasteiger partial charge on any atom is -0.370 e. The molecule has 1 saturated heterocycles. The number of amides is 1. The van der Waals surface area contributed by atoms with Crippen molar-refractivity contribution in [2.45, 2.75) is 40.0 Å². The Hall–Kier alpha value is -1.58. The van der Waals surface area contributed by atoms with E-state index in [1.807, 2.05) is 17.0 Å². The van der Waals surface area contributed by atoms with E-state index < -0.39 is 0 Å².